The van der Waals surface area contributed by atoms with Gasteiger partial charge in [0, 0.05) is 22.8 Å². The fraction of sp³-hybridized carbons (Fsp3) is 0.200. The van der Waals surface area contributed by atoms with Crippen LogP contribution in [0.4, 0.5) is 0 Å². The van der Waals surface area contributed by atoms with Crippen molar-refractivity contribution in [2.75, 3.05) is 7.05 Å². The molecule has 3 rings (SSSR count). The van der Waals surface area contributed by atoms with E-state index in [1.165, 1.54) is 0 Å². The van der Waals surface area contributed by atoms with Gasteiger partial charge < -0.3 is 9.73 Å². The largest absolute Gasteiger partial charge is 0.459 e. The van der Waals surface area contributed by atoms with E-state index in [1.807, 2.05) is 38.2 Å². The van der Waals surface area contributed by atoms with Crippen molar-refractivity contribution in [2.24, 2.45) is 0 Å². The number of aromatic nitrogens is 2. The van der Waals surface area contributed by atoms with Crippen molar-refractivity contribution in [1.82, 2.24) is 15.3 Å². The minimum absolute atomic E-state index is 0.179. The van der Waals surface area contributed by atoms with Gasteiger partial charge in [0.1, 0.15) is 17.4 Å². The first kappa shape index (κ1) is 13.1. The van der Waals surface area contributed by atoms with Gasteiger partial charge in [0.15, 0.2) is 5.82 Å². The zero-order valence-electron chi connectivity index (χ0n) is 11.2. The zero-order valence-corrected chi connectivity index (χ0v) is 12.0. The van der Waals surface area contributed by atoms with Crippen molar-refractivity contribution >= 4 is 22.6 Å². The van der Waals surface area contributed by atoms with Crippen molar-refractivity contribution in [3.05, 3.63) is 58.8 Å². The maximum atomic E-state index is 5.99. The highest BCUT2D eigenvalue weighted by Crippen LogP contribution is 2.28. The molecule has 0 aliphatic rings. The average Bonchev–Trinajstić information content (AvgIpc) is 2.84. The predicted molar refractivity (Wildman–Crippen MR) is 78.9 cm³/mol. The fourth-order valence-electron chi connectivity index (χ4n) is 2.13. The summed E-state index contributed by atoms with van der Waals surface area (Å²) in [5, 5.41) is 4.84. The van der Waals surface area contributed by atoms with E-state index in [0.717, 1.165) is 22.3 Å². The number of benzene rings is 1. The fourth-order valence-corrected chi connectivity index (χ4v) is 2.31. The Hall–Kier alpha value is -1.91. The summed E-state index contributed by atoms with van der Waals surface area (Å²) < 4.78 is 5.86. The molecule has 0 fully saturated rings. The Bertz CT molecular complexity index is 736. The molecule has 2 aromatic heterocycles. The molecule has 102 valence electrons. The number of aryl methyl sites for hydroxylation is 1. The van der Waals surface area contributed by atoms with Crippen molar-refractivity contribution in [2.45, 2.75) is 13.0 Å². The van der Waals surface area contributed by atoms with E-state index in [9.17, 15) is 0 Å². The summed E-state index contributed by atoms with van der Waals surface area (Å²) in [7, 11) is 1.86. The highest BCUT2D eigenvalue weighted by Gasteiger charge is 2.19. The first-order valence-corrected chi connectivity index (χ1v) is 6.70. The quantitative estimate of drug-likeness (QED) is 0.801. The lowest BCUT2D eigenvalue weighted by molar-refractivity contribution is 0.478. The van der Waals surface area contributed by atoms with Crippen molar-refractivity contribution < 1.29 is 4.42 Å². The zero-order chi connectivity index (χ0) is 14.1. The van der Waals surface area contributed by atoms with Crippen LogP contribution < -0.4 is 5.32 Å². The molecule has 0 bridgehead atoms. The number of rotatable bonds is 3. The van der Waals surface area contributed by atoms with Crippen LogP contribution in [-0.2, 0) is 0 Å². The molecular formula is C15H14ClN3O. The second-order valence-corrected chi connectivity index (χ2v) is 5.11. The van der Waals surface area contributed by atoms with Crippen LogP contribution in [0.15, 0.2) is 41.1 Å². The third kappa shape index (κ3) is 2.40. The number of nitrogens with zero attached hydrogens (tertiary/aromatic N) is 2. The molecule has 2 heterocycles. The molecule has 1 unspecified atom stereocenters. The number of nitrogens with one attached hydrogen (secondary N) is 1. The van der Waals surface area contributed by atoms with E-state index >= 15 is 0 Å². The molecule has 5 heteroatoms. The van der Waals surface area contributed by atoms with E-state index in [4.69, 9.17) is 16.0 Å². The lowest BCUT2D eigenvalue weighted by atomic mass is 10.2. The molecule has 0 radical (unpaired) electrons. The number of furan rings is 1. The molecule has 0 saturated carbocycles. The smallest absolute Gasteiger partial charge is 0.152 e. The summed E-state index contributed by atoms with van der Waals surface area (Å²) in [4.78, 5) is 8.71. The Morgan fingerprint density at radius 3 is 2.65 bits per heavy atom. The van der Waals surface area contributed by atoms with Gasteiger partial charge in [-0.05, 0) is 43.8 Å². The Morgan fingerprint density at radius 2 is 1.95 bits per heavy atom. The van der Waals surface area contributed by atoms with Crippen LogP contribution in [0.25, 0.3) is 11.0 Å². The molecule has 0 aliphatic heterocycles. The van der Waals surface area contributed by atoms with Gasteiger partial charge in [-0.1, -0.05) is 11.6 Å². The van der Waals surface area contributed by atoms with E-state index in [0.29, 0.717) is 10.8 Å². The van der Waals surface area contributed by atoms with Crippen LogP contribution >= 0.6 is 11.6 Å². The number of fused-ring (bicyclic) bond motifs is 1. The second kappa shape index (κ2) is 5.23. The van der Waals surface area contributed by atoms with Crippen LogP contribution in [0.2, 0.25) is 5.02 Å². The predicted octanol–water partition coefficient (Wildman–Crippen LogP) is 3.49. The second-order valence-electron chi connectivity index (χ2n) is 4.67. The molecule has 0 aliphatic carbocycles. The van der Waals surface area contributed by atoms with Crippen LogP contribution in [0.3, 0.4) is 0 Å². The minimum Gasteiger partial charge on any atom is -0.459 e. The Labute approximate surface area is 121 Å². The van der Waals surface area contributed by atoms with Gasteiger partial charge in [-0.2, -0.15) is 0 Å². The van der Waals surface area contributed by atoms with Crippen LogP contribution in [0.1, 0.15) is 23.2 Å². The van der Waals surface area contributed by atoms with Gasteiger partial charge >= 0.3 is 0 Å². The lowest BCUT2D eigenvalue weighted by Crippen LogP contribution is -2.19. The molecule has 1 atom stereocenters. The van der Waals surface area contributed by atoms with Crippen LogP contribution in [-0.4, -0.2) is 17.0 Å². The maximum absolute atomic E-state index is 5.99. The first-order chi connectivity index (χ1) is 9.67. The highest BCUT2D eigenvalue weighted by atomic mass is 35.5. The minimum atomic E-state index is -0.179. The Morgan fingerprint density at radius 1 is 1.20 bits per heavy atom. The monoisotopic (exact) mass is 287 g/mol. The summed E-state index contributed by atoms with van der Waals surface area (Å²) in [6.45, 7) is 1.96. The van der Waals surface area contributed by atoms with Gasteiger partial charge in [0.25, 0.3) is 0 Å². The van der Waals surface area contributed by atoms with E-state index in [-0.39, 0.29) is 6.04 Å². The molecule has 0 saturated heterocycles. The molecular weight excluding hydrogens is 274 g/mol. The summed E-state index contributed by atoms with van der Waals surface area (Å²) >= 11 is 5.99. The average molecular weight is 288 g/mol. The third-order valence-corrected chi connectivity index (χ3v) is 3.36. The molecule has 20 heavy (non-hydrogen) atoms. The number of hydrogen-bond donors (Lipinski definition) is 1. The standard InChI is InChI=1S/C15H14ClN3O/c1-9-7-18-15(19-8-9)14(17-2)13-6-10-5-11(16)3-4-12(10)20-13/h3-8,14,17H,1-2H3. The number of halogens is 1. The Balaban J connectivity index is 2.04. The van der Waals surface area contributed by atoms with Gasteiger partial charge in [0.05, 0.1) is 0 Å². The van der Waals surface area contributed by atoms with Crippen LogP contribution in [0, 0.1) is 6.92 Å². The van der Waals surface area contributed by atoms with Gasteiger partial charge in [-0.15, -0.1) is 0 Å². The van der Waals surface area contributed by atoms with Gasteiger partial charge in [0.2, 0.25) is 0 Å². The van der Waals surface area contributed by atoms with Gasteiger partial charge in [-0.25, -0.2) is 9.97 Å². The van der Waals surface area contributed by atoms with Crippen molar-refractivity contribution in [3.63, 3.8) is 0 Å². The normalized spacial score (nSPS) is 12.8. The molecule has 4 nitrogen and oxygen atoms in total. The lowest BCUT2D eigenvalue weighted by Gasteiger charge is -2.11. The SMILES string of the molecule is CNC(c1ncc(C)cn1)c1cc2cc(Cl)ccc2o1. The van der Waals surface area contributed by atoms with Gasteiger partial charge in [-0.3, -0.25) is 0 Å². The van der Waals surface area contributed by atoms with E-state index < -0.39 is 0 Å². The summed E-state index contributed by atoms with van der Waals surface area (Å²) in [6.07, 6.45) is 3.60. The molecule has 0 spiro atoms. The first-order valence-electron chi connectivity index (χ1n) is 6.32. The number of hydrogen-bond acceptors (Lipinski definition) is 4. The molecule has 1 N–H and O–H groups in total. The topological polar surface area (TPSA) is 51.0 Å². The summed E-state index contributed by atoms with van der Waals surface area (Å²) in [5.74, 6) is 1.46. The maximum Gasteiger partial charge on any atom is 0.152 e. The van der Waals surface area contributed by atoms with E-state index in [2.05, 4.69) is 15.3 Å². The summed E-state index contributed by atoms with van der Waals surface area (Å²) in [5.41, 5.74) is 1.83. The molecule has 1 aromatic carbocycles. The van der Waals surface area contributed by atoms with Crippen molar-refractivity contribution in [1.29, 1.82) is 0 Å². The van der Waals surface area contributed by atoms with E-state index in [1.54, 1.807) is 12.4 Å². The van der Waals surface area contributed by atoms with Crippen molar-refractivity contribution in [3.8, 4) is 0 Å². The highest BCUT2D eigenvalue weighted by molar-refractivity contribution is 6.31. The summed E-state index contributed by atoms with van der Waals surface area (Å²) in [6, 6.07) is 7.34. The molecule has 3 aromatic rings. The van der Waals surface area contributed by atoms with Crippen LogP contribution in [0.5, 0.6) is 0 Å². The third-order valence-electron chi connectivity index (χ3n) is 3.13. The molecule has 0 amide bonds. The Kier molecular flexibility index (Phi) is 3.42.